The Kier molecular flexibility index (Phi) is 2.99. The third-order valence-corrected chi connectivity index (χ3v) is 3.39. The second-order valence-corrected chi connectivity index (χ2v) is 4.68. The Bertz CT molecular complexity index is 902. The zero-order chi connectivity index (χ0) is 15.9. The first-order chi connectivity index (χ1) is 10.5. The van der Waals surface area contributed by atoms with E-state index in [9.17, 15) is 20.2 Å². The minimum Gasteiger partial charge on any atom is -0.391 e. The Labute approximate surface area is 123 Å². The summed E-state index contributed by atoms with van der Waals surface area (Å²) in [5, 5.41) is 22.4. The van der Waals surface area contributed by atoms with Gasteiger partial charge in [0.2, 0.25) is 0 Å². The number of nitrogen functional groups attached to an aromatic ring is 1. The highest BCUT2D eigenvalue weighted by atomic mass is 16.6. The number of fused-ring (bicyclic) bond motifs is 1. The quantitative estimate of drug-likeness (QED) is 0.435. The summed E-state index contributed by atoms with van der Waals surface area (Å²) in [6, 6.07) is 11.6. The number of aromatic nitrogens is 1. The highest BCUT2D eigenvalue weighted by Gasteiger charge is 2.25. The fourth-order valence-electron chi connectivity index (χ4n) is 2.36. The van der Waals surface area contributed by atoms with Crippen LogP contribution in [-0.2, 0) is 0 Å². The third kappa shape index (κ3) is 2.03. The van der Waals surface area contributed by atoms with Gasteiger partial charge in [0.15, 0.2) is 0 Å². The van der Waals surface area contributed by atoms with E-state index < -0.39 is 15.5 Å². The minimum absolute atomic E-state index is 0.118. The van der Waals surface area contributed by atoms with Crippen molar-refractivity contribution in [2.24, 2.45) is 0 Å². The van der Waals surface area contributed by atoms with Crippen LogP contribution in [0.4, 0.5) is 17.1 Å². The highest BCUT2D eigenvalue weighted by molar-refractivity contribution is 6.03. The van der Waals surface area contributed by atoms with E-state index in [1.807, 2.05) is 30.3 Å². The van der Waals surface area contributed by atoms with E-state index in [2.05, 4.69) is 4.98 Å². The molecule has 110 valence electrons. The van der Waals surface area contributed by atoms with Gasteiger partial charge in [0.05, 0.1) is 26.8 Å². The number of nitro benzene ring substituents is 2. The summed E-state index contributed by atoms with van der Waals surface area (Å²) in [7, 11) is 0. The Morgan fingerprint density at radius 1 is 0.955 bits per heavy atom. The van der Waals surface area contributed by atoms with Crippen LogP contribution in [0.5, 0.6) is 0 Å². The van der Waals surface area contributed by atoms with E-state index >= 15 is 0 Å². The summed E-state index contributed by atoms with van der Waals surface area (Å²) >= 11 is 0. The standard InChI is InChI=1S/C14H10N4O4/c15-13-12(18(21)22)7-11(17(19)20)9-6-10(16-14(9)13)8-4-2-1-3-5-8/h1-7,16H,15H2. The van der Waals surface area contributed by atoms with Gasteiger partial charge >= 0.3 is 5.69 Å². The molecular weight excluding hydrogens is 288 g/mol. The van der Waals surface area contributed by atoms with E-state index in [1.165, 1.54) is 0 Å². The van der Waals surface area contributed by atoms with Crippen molar-refractivity contribution < 1.29 is 9.85 Å². The van der Waals surface area contributed by atoms with E-state index in [4.69, 9.17) is 5.73 Å². The van der Waals surface area contributed by atoms with Gasteiger partial charge in [0.25, 0.3) is 5.69 Å². The molecule has 0 saturated carbocycles. The molecule has 1 aromatic heterocycles. The van der Waals surface area contributed by atoms with E-state index in [-0.39, 0.29) is 22.3 Å². The molecule has 0 spiro atoms. The van der Waals surface area contributed by atoms with Crippen LogP contribution in [0.25, 0.3) is 22.2 Å². The zero-order valence-electron chi connectivity index (χ0n) is 11.1. The van der Waals surface area contributed by atoms with Crippen LogP contribution in [-0.4, -0.2) is 14.8 Å². The van der Waals surface area contributed by atoms with Crippen molar-refractivity contribution in [1.82, 2.24) is 4.98 Å². The lowest BCUT2D eigenvalue weighted by Gasteiger charge is -2.00. The average molecular weight is 298 g/mol. The van der Waals surface area contributed by atoms with Crippen LogP contribution < -0.4 is 5.73 Å². The predicted molar refractivity (Wildman–Crippen MR) is 81.5 cm³/mol. The number of nitrogens with one attached hydrogen (secondary N) is 1. The average Bonchev–Trinajstić information content (AvgIpc) is 2.93. The molecule has 0 saturated heterocycles. The Balaban J connectivity index is 2.35. The fourth-order valence-corrected chi connectivity index (χ4v) is 2.36. The molecule has 0 bridgehead atoms. The predicted octanol–water partition coefficient (Wildman–Crippen LogP) is 3.23. The van der Waals surface area contributed by atoms with Crippen molar-refractivity contribution in [2.45, 2.75) is 0 Å². The van der Waals surface area contributed by atoms with E-state index in [1.54, 1.807) is 6.07 Å². The molecule has 1 heterocycles. The molecule has 3 aromatic rings. The van der Waals surface area contributed by atoms with Crippen LogP contribution in [0, 0.1) is 20.2 Å². The molecular formula is C14H10N4O4. The van der Waals surface area contributed by atoms with Crippen molar-refractivity contribution in [2.75, 3.05) is 5.73 Å². The SMILES string of the molecule is Nc1c([N+](=O)[O-])cc([N+](=O)[O-])c2cc(-c3ccccc3)[nH]c12. The number of hydrogen-bond acceptors (Lipinski definition) is 5. The van der Waals surface area contributed by atoms with Crippen LogP contribution in [0.3, 0.4) is 0 Å². The maximum absolute atomic E-state index is 11.2. The number of nitrogens with two attached hydrogens (primary N) is 1. The number of H-pyrrole nitrogens is 1. The van der Waals surface area contributed by atoms with Crippen molar-refractivity contribution in [1.29, 1.82) is 0 Å². The number of nitro groups is 2. The lowest BCUT2D eigenvalue weighted by molar-refractivity contribution is -0.392. The van der Waals surface area contributed by atoms with Crippen LogP contribution in [0.1, 0.15) is 0 Å². The molecule has 3 rings (SSSR count). The first-order valence-electron chi connectivity index (χ1n) is 6.28. The molecule has 0 unspecified atom stereocenters. The van der Waals surface area contributed by atoms with Crippen LogP contribution >= 0.6 is 0 Å². The van der Waals surface area contributed by atoms with E-state index in [0.717, 1.165) is 11.6 Å². The van der Waals surface area contributed by atoms with Gasteiger partial charge in [-0.15, -0.1) is 0 Å². The summed E-state index contributed by atoms with van der Waals surface area (Å²) in [5.74, 6) is 0. The Hall–Kier alpha value is -3.42. The van der Waals surface area contributed by atoms with Crippen molar-refractivity contribution in [3.05, 3.63) is 62.7 Å². The van der Waals surface area contributed by atoms with Crippen LogP contribution in [0.2, 0.25) is 0 Å². The van der Waals surface area contributed by atoms with Crippen LogP contribution in [0.15, 0.2) is 42.5 Å². The van der Waals surface area contributed by atoms with Gasteiger partial charge in [0, 0.05) is 5.69 Å². The summed E-state index contributed by atoms with van der Waals surface area (Å²) in [6.45, 7) is 0. The van der Waals surface area contributed by atoms with E-state index in [0.29, 0.717) is 5.69 Å². The summed E-state index contributed by atoms with van der Waals surface area (Å²) in [5.41, 5.74) is 6.43. The van der Waals surface area contributed by atoms with Gasteiger partial charge in [0.1, 0.15) is 5.69 Å². The Morgan fingerprint density at radius 3 is 2.18 bits per heavy atom. The lowest BCUT2D eigenvalue weighted by atomic mass is 10.1. The molecule has 2 aromatic carbocycles. The van der Waals surface area contributed by atoms with Gasteiger partial charge in [-0.25, -0.2) is 0 Å². The number of non-ortho nitro benzene ring substituents is 1. The number of hydrogen-bond donors (Lipinski definition) is 2. The number of benzene rings is 2. The number of anilines is 1. The molecule has 8 heteroatoms. The van der Waals surface area contributed by atoms with Crippen molar-refractivity contribution in [3.8, 4) is 11.3 Å². The largest absolute Gasteiger partial charge is 0.391 e. The lowest BCUT2D eigenvalue weighted by Crippen LogP contribution is -1.99. The summed E-state index contributed by atoms with van der Waals surface area (Å²) < 4.78 is 0. The first-order valence-corrected chi connectivity index (χ1v) is 6.28. The molecule has 0 amide bonds. The topological polar surface area (TPSA) is 128 Å². The van der Waals surface area contributed by atoms with Gasteiger partial charge in [-0.3, -0.25) is 20.2 Å². The molecule has 22 heavy (non-hydrogen) atoms. The Morgan fingerprint density at radius 2 is 1.59 bits per heavy atom. The molecule has 0 aliphatic heterocycles. The zero-order valence-corrected chi connectivity index (χ0v) is 11.1. The molecule has 3 N–H and O–H groups in total. The number of rotatable bonds is 3. The van der Waals surface area contributed by atoms with Gasteiger partial charge in [-0.05, 0) is 11.6 Å². The normalized spacial score (nSPS) is 10.7. The molecule has 0 aliphatic carbocycles. The summed E-state index contributed by atoms with van der Waals surface area (Å²) in [6.07, 6.45) is 0. The second kappa shape index (κ2) is 4.85. The monoisotopic (exact) mass is 298 g/mol. The summed E-state index contributed by atoms with van der Waals surface area (Å²) in [4.78, 5) is 23.7. The molecule has 0 atom stereocenters. The maximum atomic E-state index is 11.2. The first kappa shape index (κ1) is 13.6. The smallest absolute Gasteiger partial charge is 0.301 e. The van der Waals surface area contributed by atoms with Gasteiger partial charge in [-0.1, -0.05) is 30.3 Å². The second-order valence-electron chi connectivity index (χ2n) is 4.68. The molecule has 0 aliphatic rings. The highest BCUT2D eigenvalue weighted by Crippen LogP contribution is 2.39. The van der Waals surface area contributed by atoms with Gasteiger partial charge < -0.3 is 10.7 Å². The van der Waals surface area contributed by atoms with Crippen molar-refractivity contribution in [3.63, 3.8) is 0 Å². The number of nitrogens with zero attached hydrogens (tertiary/aromatic N) is 2. The third-order valence-electron chi connectivity index (χ3n) is 3.39. The maximum Gasteiger partial charge on any atom is 0.301 e. The minimum atomic E-state index is -0.731. The van der Waals surface area contributed by atoms with Crippen molar-refractivity contribution >= 4 is 28.0 Å². The van der Waals surface area contributed by atoms with Gasteiger partial charge in [-0.2, -0.15) is 0 Å². The fraction of sp³-hybridized carbons (Fsp3) is 0. The molecule has 8 nitrogen and oxygen atoms in total. The number of aromatic amines is 1. The molecule has 0 radical (unpaired) electrons. The molecule has 0 fully saturated rings.